The first-order valence-corrected chi connectivity index (χ1v) is 7.44. The highest BCUT2D eigenvalue weighted by molar-refractivity contribution is 5.89. The van der Waals surface area contributed by atoms with Gasteiger partial charge in [-0.3, -0.25) is 9.59 Å². The summed E-state index contributed by atoms with van der Waals surface area (Å²) in [5.41, 5.74) is -0.187. The molecule has 1 atom stereocenters. The predicted molar refractivity (Wildman–Crippen MR) is 76.7 cm³/mol. The van der Waals surface area contributed by atoms with Crippen LogP contribution >= 0.6 is 0 Å². The minimum atomic E-state index is -0.187. The molecule has 4 heteroatoms. The van der Waals surface area contributed by atoms with Gasteiger partial charge >= 0.3 is 0 Å². The first-order valence-electron chi connectivity index (χ1n) is 7.44. The smallest absolute Gasteiger partial charge is 0.225 e. The van der Waals surface area contributed by atoms with Crippen LogP contribution in [0.5, 0.6) is 0 Å². The number of hydrogen-bond acceptors (Lipinski definition) is 2. The third-order valence-electron chi connectivity index (χ3n) is 3.64. The summed E-state index contributed by atoms with van der Waals surface area (Å²) in [5.74, 6) is -0.0341. The van der Waals surface area contributed by atoms with Gasteiger partial charge in [0.05, 0.1) is 5.92 Å². The van der Waals surface area contributed by atoms with Crippen LogP contribution in [0.2, 0.25) is 0 Å². The number of nitrogens with one attached hydrogen (secondary N) is 1. The second-order valence-corrected chi connectivity index (χ2v) is 6.43. The summed E-state index contributed by atoms with van der Waals surface area (Å²) in [4.78, 5) is 25.7. The molecule has 0 aromatic carbocycles. The summed E-state index contributed by atoms with van der Waals surface area (Å²) in [6.07, 6.45) is 4.97. The zero-order chi connectivity index (χ0) is 14.5. The molecule has 1 saturated heterocycles. The molecule has 110 valence electrons. The van der Waals surface area contributed by atoms with Crippen molar-refractivity contribution in [2.24, 2.45) is 5.92 Å². The van der Waals surface area contributed by atoms with Crippen molar-refractivity contribution in [2.45, 2.75) is 65.3 Å². The number of amides is 2. The summed E-state index contributed by atoms with van der Waals surface area (Å²) in [7, 11) is 0. The molecule has 2 amide bonds. The fraction of sp³-hybridized carbons (Fsp3) is 0.867. The fourth-order valence-corrected chi connectivity index (χ4v) is 2.44. The number of hydrogen-bond donors (Lipinski definition) is 1. The van der Waals surface area contributed by atoms with Crippen LogP contribution in [0, 0.1) is 5.92 Å². The van der Waals surface area contributed by atoms with E-state index in [1.807, 2.05) is 25.7 Å². The summed E-state index contributed by atoms with van der Waals surface area (Å²) >= 11 is 0. The topological polar surface area (TPSA) is 49.4 Å². The van der Waals surface area contributed by atoms with Crippen molar-refractivity contribution in [3.8, 4) is 0 Å². The molecule has 0 saturated carbocycles. The molecule has 1 rings (SSSR count). The molecule has 1 N–H and O–H groups in total. The first kappa shape index (κ1) is 16.0. The minimum Gasteiger partial charge on any atom is -0.356 e. The molecule has 0 spiro atoms. The molecule has 4 nitrogen and oxygen atoms in total. The third-order valence-corrected chi connectivity index (χ3v) is 3.64. The molecule has 1 fully saturated rings. The van der Waals surface area contributed by atoms with E-state index in [1.54, 1.807) is 0 Å². The normalized spacial score (nSPS) is 19.9. The zero-order valence-corrected chi connectivity index (χ0v) is 12.8. The van der Waals surface area contributed by atoms with E-state index >= 15 is 0 Å². The van der Waals surface area contributed by atoms with Crippen molar-refractivity contribution in [1.82, 2.24) is 10.2 Å². The lowest BCUT2D eigenvalue weighted by Gasteiger charge is -2.31. The van der Waals surface area contributed by atoms with Gasteiger partial charge in [0, 0.05) is 25.0 Å². The van der Waals surface area contributed by atoms with Crippen LogP contribution in [0.25, 0.3) is 0 Å². The van der Waals surface area contributed by atoms with Gasteiger partial charge < -0.3 is 10.2 Å². The van der Waals surface area contributed by atoms with E-state index in [2.05, 4.69) is 12.2 Å². The average molecular weight is 268 g/mol. The van der Waals surface area contributed by atoms with E-state index in [1.165, 1.54) is 12.8 Å². The second-order valence-electron chi connectivity index (χ2n) is 6.43. The van der Waals surface area contributed by atoms with E-state index in [0.717, 1.165) is 19.4 Å². The predicted octanol–water partition coefficient (Wildman–Crippen LogP) is 2.33. The molecule has 1 aliphatic heterocycles. The highest BCUT2D eigenvalue weighted by atomic mass is 16.2. The average Bonchev–Trinajstić information content (AvgIpc) is 2.70. The van der Waals surface area contributed by atoms with E-state index in [0.29, 0.717) is 13.0 Å². The first-order chi connectivity index (χ1) is 8.86. The van der Waals surface area contributed by atoms with Gasteiger partial charge in [-0.1, -0.05) is 26.2 Å². The van der Waals surface area contributed by atoms with Crippen molar-refractivity contribution in [2.75, 3.05) is 13.1 Å². The molecule has 0 aliphatic carbocycles. The molecular weight excluding hydrogens is 240 g/mol. The van der Waals surface area contributed by atoms with E-state index in [-0.39, 0.29) is 23.3 Å². The van der Waals surface area contributed by atoms with Gasteiger partial charge in [-0.25, -0.2) is 0 Å². The maximum absolute atomic E-state index is 12.0. The summed E-state index contributed by atoms with van der Waals surface area (Å²) in [6.45, 7) is 9.49. The van der Waals surface area contributed by atoms with Crippen molar-refractivity contribution >= 4 is 11.8 Å². The largest absolute Gasteiger partial charge is 0.356 e. The third kappa shape index (κ3) is 4.84. The van der Waals surface area contributed by atoms with Gasteiger partial charge in [0.2, 0.25) is 11.8 Å². The van der Waals surface area contributed by atoms with Crippen molar-refractivity contribution in [3.05, 3.63) is 0 Å². The Balaban J connectivity index is 2.33. The van der Waals surface area contributed by atoms with Crippen LogP contribution in [0.4, 0.5) is 0 Å². The van der Waals surface area contributed by atoms with Crippen molar-refractivity contribution in [1.29, 1.82) is 0 Å². The number of unbranched alkanes of at least 4 members (excludes halogenated alkanes) is 3. The quantitative estimate of drug-likeness (QED) is 0.752. The Bertz CT molecular complexity index is 321. The second kappa shape index (κ2) is 6.92. The van der Waals surface area contributed by atoms with E-state index in [4.69, 9.17) is 0 Å². The van der Waals surface area contributed by atoms with Gasteiger partial charge in [0.25, 0.3) is 0 Å². The SMILES string of the molecule is CCCCCCNC(=O)[C@H]1CC(=O)N(C(C)(C)C)C1. The Morgan fingerprint density at radius 1 is 1.32 bits per heavy atom. The van der Waals surface area contributed by atoms with Crippen molar-refractivity contribution < 1.29 is 9.59 Å². The number of likely N-dealkylation sites (tertiary alicyclic amines) is 1. The van der Waals surface area contributed by atoms with Crippen LogP contribution in [-0.4, -0.2) is 35.3 Å². The van der Waals surface area contributed by atoms with Crippen LogP contribution < -0.4 is 5.32 Å². The number of carbonyl (C=O) groups is 2. The number of nitrogens with zero attached hydrogens (tertiary/aromatic N) is 1. The van der Waals surface area contributed by atoms with Crippen molar-refractivity contribution in [3.63, 3.8) is 0 Å². The molecule has 0 aromatic rings. The number of rotatable bonds is 6. The molecular formula is C15H28N2O2. The van der Waals surface area contributed by atoms with Gasteiger partial charge in [-0.2, -0.15) is 0 Å². The Hall–Kier alpha value is -1.06. The van der Waals surface area contributed by atoms with Crippen LogP contribution in [0.1, 0.15) is 59.8 Å². The van der Waals surface area contributed by atoms with Crippen LogP contribution in [-0.2, 0) is 9.59 Å². The lowest BCUT2D eigenvalue weighted by atomic mass is 10.1. The Morgan fingerprint density at radius 2 is 2.00 bits per heavy atom. The minimum absolute atomic E-state index is 0.0385. The van der Waals surface area contributed by atoms with Gasteiger partial charge in [0.1, 0.15) is 0 Å². The maximum Gasteiger partial charge on any atom is 0.225 e. The monoisotopic (exact) mass is 268 g/mol. The molecule has 1 heterocycles. The molecule has 19 heavy (non-hydrogen) atoms. The molecule has 0 aromatic heterocycles. The molecule has 0 radical (unpaired) electrons. The lowest BCUT2D eigenvalue weighted by molar-refractivity contribution is -0.132. The van der Waals surface area contributed by atoms with E-state index in [9.17, 15) is 9.59 Å². The van der Waals surface area contributed by atoms with Gasteiger partial charge in [-0.15, -0.1) is 0 Å². The molecule has 0 bridgehead atoms. The summed E-state index contributed by atoms with van der Waals surface area (Å²) in [6, 6.07) is 0. The Kier molecular flexibility index (Phi) is 5.83. The summed E-state index contributed by atoms with van der Waals surface area (Å²) in [5, 5.41) is 2.96. The molecule has 0 unspecified atom stereocenters. The number of carbonyl (C=O) groups excluding carboxylic acids is 2. The zero-order valence-electron chi connectivity index (χ0n) is 12.8. The standard InChI is InChI=1S/C15H28N2O2/c1-5-6-7-8-9-16-14(19)12-10-13(18)17(11-12)15(2,3)4/h12H,5-11H2,1-4H3,(H,16,19)/t12-/m0/s1. The Morgan fingerprint density at radius 3 is 2.53 bits per heavy atom. The fourth-order valence-electron chi connectivity index (χ4n) is 2.44. The highest BCUT2D eigenvalue weighted by Gasteiger charge is 2.39. The van der Waals surface area contributed by atoms with E-state index < -0.39 is 0 Å². The molecule has 1 aliphatic rings. The van der Waals surface area contributed by atoms with Gasteiger partial charge in [-0.05, 0) is 27.2 Å². The van der Waals surface area contributed by atoms with Crippen LogP contribution in [0.15, 0.2) is 0 Å². The summed E-state index contributed by atoms with van der Waals surface area (Å²) < 4.78 is 0. The highest BCUT2D eigenvalue weighted by Crippen LogP contribution is 2.25. The maximum atomic E-state index is 12.0. The Labute approximate surface area is 116 Å². The van der Waals surface area contributed by atoms with Gasteiger partial charge in [0.15, 0.2) is 0 Å². The lowest BCUT2D eigenvalue weighted by Crippen LogP contribution is -2.43. The van der Waals surface area contributed by atoms with Crippen LogP contribution in [0.3, 0.4) is 0 Å².